The van der Waals surface area contributed by atoms with Crippen LogP contribution in [0.15, 0.2) is 72.9 Å². The van der Waals surface area contributed by atoms with Crippen molar-refractivity contribution in [2.24, 2.45) is 0 Å². The summed E-state index contributed by atoms with van der Waals surface area (Å²) in [7, 11) is 1.50. The van der Waals surface area contributed by atoms with Crippen molar-refractivity contribution in [2.75, 3.05) is 7.11 Å². The van der Waals surface area contributed by atoms with Crippen LogP contribution in [0.25, 0.3) is 10.9 Å². The Morgan fingerprint density at radius 2 is 1.91 bits per heavy atom. The van der Waals surface area contributed by atoms with E-state index in [4.69, 9.17) is 16.3 Å². The van der Waals surface area contributed by atoms with E-state index in [0.29, 0.717) is 32.8 Å². The maximum Gasteiger partial charge on any atom is 0.269 e. The molecule has 0 aliphatic rings. The van der Waals surface area contributed by atoms with Gasteiger partial charge in [0.2, 0.25) is 0 Å². The van der Waals surface area contributed by atoms with E-state index in [0.717, 1.165) is 0 Å². The number of phenolic OH excluding ortho intramolecular Hbond substituents is 1. The SMILES string of the molecule is COc1cccc(C(=O)N[C@@H](c2ccc([N+](=O)[O-])cc2)c2cc(Cl)c3cccnc3c2O)c1. The first kappa shape index (κ1) is 22.0. The Morgan fingerprint density at radius 1 is 1.15 bits per heavy atom. The van der Waals surface area contributed by atoms with Crippen molar-refractivity contribution in [3.8, 4) is 11.5 Å². The van der Waals surface area contributed by atoms with E-state index in [-0.39, 0.29) is 17.0 Å². The molecule has 2 N–H and O–H groups in total. The molecule has 0 saturated heterocycles. The van der Waals surface area contributed by atoms with Gasteiger partial charge >= 0.3 is 0 Å². The second kappa shape index (κ2) is 9.13. The number of fused-ring (bicyclic) bond motifs is 1. The van der Waals surface area contributed by atoms with Gasteiger partial charge in [0.05, 0.1) is 23.1 Å². The van der Waals surface area contributed by atoms with Crippen LogP contribution in [0.5, 0.6) is 11.5 Å². The van der Waals surface area contributed by atoms with Crippen molar-refractivity contribution in [3.05, 3.63) is 105 Å². The smallest absolute Gasteiger partial charge is 0.269 e. The highest BCUT2D eigenvalue weighted by Crippen LogP contribution is 2.38. The van der Waals surface area contributed by atoms with E-state index in [9.17, 15) is 20.0 Å². The van der Waals surface area contributed by atoms with E-state index in [2.05, 4.69) is 10.3 Å². The highest BCUT2D eigenvalue weighted by Gasteiger charge is 2.24. The van der Waals surface area contributed by atoms with Crippen molar-refractivity contribution in [1.29, 1.82) is 0 Å². The third kappa shape index (κ3) is 4.42. The van der Waals surface area contributed by atoms with Crippen LogP contribution in [-0.4, -0.2) is 28.0 Å². The number of phenols is 1. The number of pyridine rings is 1. The number of rotatable bonds is 6. The molecule has 166 valence electrons. The molecule has 0 saturated carbocycles. The van der Waals surface area contributed by atoms with Crippen LogP contribution in [0.4, 0.5) is 5.69 Å². The van der Waals surface area contributed by atoms with Crippen molar-refractivity contribution >= 4 is 34.1 Å². The van der Waals surface area contributed by atoms with Gasteiger partial charge in [-0.25, -0.2) is 0 Å². The summed E-state index contributed by atoms with van der Waals surface area (Å²) in [5, 5.41) is 25.9. The molecule has 1 heterocycles. The maximum absolute atomic E-state index is 13.1. The summed E-state index contributed by atoms with van der Waals surface area (Å²) < 4.78 is 5.19. The van der Waals surface area contributed by atoms with Gasteiger partial charge in [0.15, 0.2) is 0 Å². The third-order valence-corrected chi connectivity index (χ3v) is 5.51. The second-order valence-electron chi connectivity index (χ2n) is 7.18. The molecule has 0 radical (unpaired) electrons. The number of aromatic nitrogens is 1. The largest absolute Gasteiger partial charge is 0.505 e. The molecule has 0 spiro atoms. The lowest BCUT2D eigenvalue weighted by atomic mass is 9.95. The number of nitrogens with zero attached hydrogens (tertiary/aromatic N) is 2. The van der Waals surface area contributed by atoms with Crippen molar-refractivity contribution in [3.63, 3.8) is 0 Å². The number of hydrogen-bond donors (Lipinski definition) is 2. The number of methoxy groups -OCH3 is 1. The zero-order valence-corrected chi connectivity index (χ0v) is 18.1. The number of amides is 1. The lowest BCUT2D eigenvalue weighted by Crippen LogP contribution is -2.29. The molecule has 4 rings (SSSR count). The van der Waals surface area contributed by atoms with Gasteiger partial charge < -0.3 is 15.2 Å². The Labute approximate surface area is 193 Å². The van der Waals surface area contributed by atoms with Gasteiger partial charge in [-0.05, 0) is 54.1 Å². The minimum atomic E-state index is -0.867. The molecule has 33 heavy (non-hydrogen) atoms. The minimum Gasteiger partial charge on any atom is -0.505 e. The van der Waals surface area contributed by atoms with E-state index in [1.54, 1.807) is 42.5 Å². The molecule has 1 amide bonds. The Balaban J connectivity index is 1.83. The number of nitrogens with one attached hydrogen (secondary N) is 1. The molecule has 4 aromatic rings. The Kier molecular flexibility index (Phi) is 6.10. The van der Waals surface area contributed by atoms with Crippen molar-refractivity contribution in [1.82, 2.24) is 10.3 Å². The lowest BCUT2D eigenvalue weighted by Gasteiger charge is -2.22. The fourth-order valence-electron chi connectivity index (χ4n) is 3.53. The number of carbonyl (C=O) groups is 1. The predicted molar refractivity (Wildman–Crippen MR) is 124 cm³/mol. The highest BCUT2D eigenvalue weighted by atomic mass is 35.5. The van der Waals surface area contributed by atoms with Crippen LogP contribution in [0.1, 0.15) is 27.5 Å². The van der Waals surface area contributed by atoms with Crippen molar-refractivity contribution < 1.29 is 19.6 Å². The van der Waals surface area contributed by atoms with Gasteiger partial charge in [0.1, 0.15) is 17.0 Å². The molecule has 3 aromatic carbocycles. The third-order valence-electron chi connectivity index (χ3n) is 5.20. The van der Waals surface area contributed by atoms with Gasteiger partial charge in [-0.2, -0.15) is 0 Å². The zero-order valence-electron chi connectivity index (χ0n) is 17.4. The molecule has 1 aromatic heterocycles. The first-order chi connectivity index (χ1) is 15.9. The number of carbonyl (C=O) groups excluding carboxylic acids is 1. The number of nitro groups is 1. The molecule has 0 unspecified atom stereocenters. The van der Waals surface area contributed by atoms with E-state index >= 15 is 0 Å². The molecule has 0 fully saturated rings. The van der Waals surface area contributed by atoms with Crippen LogP contribution < -0.4 is 10.1 Å². The summed E-state index contributed by atoms with van der Waals surface area (Å²) in [6, 6.07) is 16.4. The quantitative estimate of drug-likeness (QED) is 0.306. The summed E-state index contributed by atoms with van der Waals surface area (Å²) in [5.41, 5.74) is 1.34. The monoisotopic (exact) mass is 463 g/mol. The summed E-state index contributed by atoms with van der Waals surface area (Å²) in [6.45, 7) is 0. The van der Waals surface area contributed by atoms with Gasteiger partial charge in [0.25, 0.3) is 11.6 Å². The molecule has 0 bridgehead atoms. The summed E-state index contributed by atoms with van der Waals surface area (Å²) in [6.07, 6.45) is 1.53. The maximum atomic E-state index is 13.1. The van der Waals surface area contributed by atoms with Crippen LogP contribution >= 0.6 is 11.6 Å². The Bertz CT molecular complexity index is 1360. The Hall–Kier alpha value is -4.17. The van der Waals surface area contributed by atoms with Crippen molar-refractivity contribution in [2.45, 2.75) is 6.04 Å². The van der Waals surface area contributed by atoms with Crippen LogP contribution in [0.3, 0.4) is 0 Å². The molecule has 0 aliphatic carbocycles. The first-order valence-electron chi connectivity index (χ1n) is 9.84. The summed E-state index contributed by atoms with van der Waals surface area (Å²) in [4.78, 5) is 27.9. The number of ether oxygens (including phenoxy) is 1. The fourth-order valence-corrected chi connectivity index (χ4v) is 3.80. The predicted octanol–water partition coefficient (Wildman–Crippen LogP) is 5.03. The number of halogens is 1. The average Bonchev–Trinajstić information content (AvgIpc) is 2.85. The minimum absolute atomic E-state index is 0.0981. The lowest BCUT2D eigenvalue weighted by molar-refractivity contribution is -0.384. The number of aromatic hydroxyl groups is 1. The first-order valence-corrected chi connectivity index (χ1v) is 10.2. The number of non-ortho nitro benzene ring substituents is 1. The normalized spacial score (nSPS) is 11.7. The van der Waals surface area contributed by atoms with E-state index < -0.39 is 16.9 Å². The summed E-state index contributed by atoms with van der Waals surface area (Å²) in [5.74, 6) is -0.0754. The van der Waals surface area contributed by atoms with E-state index in [1.807, 2.05) is 0 Å². The standard InChI is InChI=1S/C24H18ClN3O5/c1-33-17-5-2-4-15(12-17)24(30)27-21(14-7-9-16(10-8-14)28(31)32)19-13-20(25)18-6-3-11-26-22(18)23(19)29/h2-13,21,29H,1H3,(H,27,30)/t21-/m0/s1. The number of hydrogen-bond acceptors (Lipinski definition) is 6. The van der Waals surface area contributed by atoms with Crippen LogP contribution in [-0.2, 0) is 0 Å². The van der Waals surface area contributed by atoms with Crippen LogP contribution in [0.2, 0.25) is 5.02 Å². The van der Waals surface area contributed by atoms with Gasteiger partial charge in [-0.3, -0.25) is 19.9 Å². The molecule has 9 heteroatoms. The second-order valence-corrected chi connectivity index (χ2v) is 7.59. The Morgan fingerprint density at radius 3 is 2.61 bits per heavy atom. The summed E-state index contributed by atoms with van der Waals surface area (Å²) >= 11 is 6.46. The fraction of sp³-hybridized carbons (Fsp3) is 0.0833. The average molecular weight is 464 g/mol. The van der Waals surface area contributed by atoms with Gasteiger partial charge in [-0.1, -0.05) is 17.7 Å². The molecular formula is C24H18ClN3O5. The molecule has 1 atom stereocenters. The zero-order chi connectivity index (χ0) is 23.5. The van der Waals surface area contributed by atoms with Gasteiger partial charge in [-0.15, -0.1) is 0 Å². The molecule has 8 nitrogen and oxygen atoms in total. The van der Waals surface area contributed by atoms with Gasteiger partial charge in [0, 0.05) is 34.8 Å². The molecule has 0 aliphatic heterocycles. The number of nitro benzene ring substituents is 1. The van der Waals surface area contributed by atoms with E-state index in [1.165, 1.54) is 37.6 Å². The molecular weight excluding hydrogens is 446 g/mol. The highest BCUT2D eigenvalue weighted by molar-refractivity contribution is 6.35. The van der Waals surface area contributed by atoms with Crippen LogP contribution in [0, 0.1) is 10.1 Å². The topological polar surface area (TPSA) is 115 Å². The number of benzene rings is 3.